The maximum atomic E-state index is 11.1. The number of hydrogen-bond acceptors (Lipinski definition) is 3. The van der Waals surface area contributed by atoms with E-state index in [1.807, 2.05) is 0 Å². The average molecular weight is 196 g/mol. The van der Waals surface area contributed by atoms with Crippen molar-refractivity contribution >= 4 is 17.2 Å². The van der Waals surface area contributed by atoms with E-state index in [1.165, 1.54) is 0 Å². The van der Waals surface area contributed by atoms with E-state index in [-0.39, 0.29) is 5.91 Å². The lowest BCUT2D eigenvalue weighted by Crippen LogP contribution is -2.29. The summed E-state index contributed by atoms with van der Waals surface area (Å²) in [6.45, 7) is 4.86. The molecule has 1 aliphatic heterocycles. The Balaban J connectivity index is 2.33. The molecule has 1 aliphatic rings. The van der Waals surface area contributed by atoms with Gasteiger partial charge in [-0.15, -0.1) is 11.3 Å². The molecule has 70 valence electrons. The molecule has 0 radical (unpaired) electrons. The van der Waals surface area contributed by atoms with Crippen molar-refractivity contribution in [2.75, 3.05) is 0 Å². The number of nitrogens with zero attached hydrogens (tertiary/aromatic N) is 1. The SMILES string of the molecule is CC(C)c1nc2c(s1)CC(=O)NC2. The first kappa shape index (κ1) is 8.69. The van der Waals surface area contributed by atoms with Gasteiger partial charge < -0.3 is 5.32 Å². The standard InChI is InChI=1S/C9H12N2OS/c1-5(2)9-11-6-4-10-8(12)3-7(6)13-9/h5H,3-4H2,1-2H3,(H,10,12). The highest BCUT2D eigenvalue weighted by atomic mass is 32.1. The molecule has 0 spiro atoms. The van der Waals surface area contributed by atoms with Crippen LogP contribution in [0.1, 0.15) is 35.3 Å². The molecule has 0 aromatic carbocycles. The highest BCUT2D eigenvalue weighted by Gasteiger charge is 2.20. The fraction of sp³-hybridized carbons (Fsp3) is 0.556. The Morgan fingerprint density at radius 1 is 1.54 bits per heavy atom. The number of aromatic nitrogens is 1. The van der Waals surface area contributed by atoms with Crippen LogP contribution < -0.4 is 5.32 Å². The Morgan fingerprint density at radius 2 is 2.31 bits per heavy atom. The summed E-state index contributed by atoms with van der Waals surface area (Å²) in [5, 5.41) is 3.94. The molecule has 0 atom stereocenters. The second kappa shape index (κ2) is 3.10. The molecule has 0 saturated heterocycles. The summed E-state index contributed by atoms with van der Waals surface area (Å²) in [4.78, 5) is 16.7. The minimum atomic E-state index is 0.117. The van der Waals surface area contributed by atoms with E-state index in [0.717, 1.165) is 15.6 Å². The highest BCUT2D eigenvalue weighted by molar-refractivity contribution is 7.12. The number of fused-ring (bicyclic) bond motifs is 1. The molecule has 0 saturated carbocycles. The topological polar surface area (TPSA) is 42.0 Å². The summed E-state index contributed by atoms with van der Waals surface area (Å²) < 4.78 is 0. The molecule has 0 aliphatic carbocycles. The van der Waals surface area contributed by atoms with Gasteiger partial charge in [-0.1, -0.05) is 13.8 Å². The highest BCUT2D eigenvalue weighted by Crippen LogP contribution is 2.26. The van der Waals surface area contributed by atoms with Crippen LogP contribution >= 0.6 is 11.3 Å². The lowest BCUT2D eigenvalue weighted by atomic mass is 10.2. The first-order chi connectivity index (χ1) is 6.16. The summed E-state index contributed by atoms with van der Waals surface area (Å²) >= 11 is 1.68. The van der Waals surface area contributed by atoms with E-state index in [0.29, 0.717) is 18.9 Å². The predicted octanol–water partition coefficient (Wildman–Crippen LogP) is 1.44. The van der Waals surface area contributed by atoms with Crippen LogP contribution in [-0.2, 0) is 17.8 Å². The minimum absolute atomic E-state index is 0.117. The van der Waals surface area contributed by atoms with Gasteiger partial charge in [0, 0.05) is 10.8 Å². The van der Waals surface area contributed by atoms with Gasteiger partial charge in [-0.25, -0.2) is 4.98 Å². The zero-order valence-electron chi connectivity index (χ0n) is 7.76. The molecule has 2 heterocycles. The summed E-state index contributed by atoms with van der Waals surface area (Å²) in [6, 6.07) is 0. The summed E-state index contributed by atoms with van der Waals surface area (Å²) in [7, 11) is 0. The molecular weight excluding hydrogens is 184 g/mol. The van der Waals surface area contributed by atoms with Crippen LogP contribution in [0.5, 0.6) is 0 Å². The third-order valence-electron chi connectivity index (χ3n) is 2.06. The maximum Gasteiger partial charge on any atom is 0.225 e. The average Bonchev–Trinajstić information content (AvgIpc) is 2.46. The fourth-order valence-corrected chi connectivity index (χ4v) is 2.40. The van der Waals surface area contributed by atoms with Gasteiger partial charge in [-0.2, -0.15) is 0 Å². The third-order valence-corrected chi connectivity index (χ3v) is 3.46. The van der Waals surface area contributed by atoms with E-state index in [9.17, 15) is 4.79 Å². The molecule has 13 heavy (non-hydrogen) atoms. The van der Waals surface area contributed by atoms with Crippen LogP contribution in [0, 0.1) is 0 Å². The number of amides is 1. The molecule has 3 nitrogen and oxygen atoms in total. The molecule has 0 unspecified atom stereocenters. The Bertz CT molecular complexity index is 343. The van der Waals surface area contributed by atoms with Gasteiger partial charge in [0.15, 0.2) is 0 Å². The Hall–Kier alpha value is -0.900. The monoisotopic (exact) mass is 196 g/mol. The Labute approximate surface area is 81.2 Å². The maximum absolute atomic E-state index is 11.1. The first-order valence-electron chi connectivity index (χ1n) is 4.42. The van der Waals surface area contributed by atoms with Crippen LogP contribution in [0.2, 0.25) is 0 Å². The minimum Gasteiger partial charge on any atom is -0.350 e. The first-order valence-corrected chi connectivity index (χ1v) is 5.23. The van der Waals surface area contributed by atoms with Gasteiger partial charge in [0.2, 0.25) is 5.91 Å². The van der Waals surface area contributed by atoms with Gasteiger partial charge in [0.05, 0.1) is 23.7 Å². The largest absolute Gasteiger partial charge is 0.350 e. The van der Waals surface area contributed by atoms with Crippen molar-refractivity contribution < 1.29 is 4.79 Å². The smallest absolute Gasteiger partial charge is 0.225 e. The van der Waals surface area contributed by atoms with Crippen molar-refractivity contribution in [3.8, 4) is 0 Å². The third kappa shape index (κ3) is 1.58. The van der Waals surface area contributed by atoms with Crippen LogP contribution in [0.3, 0.4) is 0 Å². The van der Waals surface area contributed by atoms with Gasteiger partial charge in [-0.3, -0.25) is 4.79 Å². The lowest BCUT2D eigenvalue weighted by Gasteiger charge is -2.09. The van der Waals surface area contributed by atoms with E-state index >= 15 is 0 Å². The molecule has 1 amide bonds. The summed E-state index contributed by atoms with van der Waals surface area (Å²) in [5.74, 6) is 0.581. The van der Waals surface area contributed by atoms with E-state index in [4.69, 9.17) is 0 Å². The van der Waals surface area contributed by atoms with Crippen molar-refractivity contribution in [2.24, 2.45) is 0 Å². The summed E-state index contributed by atoms with van der Waals surface area (Å²) in [5.41, 5.74) is 1.06. The van der Waals surface area contributed by atoms with Crippen molar-refractivity contribution in [1.82, 2.24) is 10.3 Å². The van der Waals surface area contributed by atoms with Gasteiger partial charge in [-0.05, 0) is 0 Å². The van der Waals surface area contributed by atoms with E-state index in [1.54, 1.807) is 11.3 Å². The van der Waals surface area contributed by atoms with E-state index in [2.05, 4.69) is 24.1 Å². The molecular formula is C9H12N2OS. The van der Waals surface area contributed by atoms with Crippen LogP contribution in [0.4, 0.5) is 0 Å². The molecule has 0 fully saturated rings. The fourth-order valence-electron chi connectivity index (χ4n) is 1.32. The second-order valence-electron chi connectivity index (χ2n) is 3.53. The number of thiazole rings is 1. The molecule has 1 aromatic heterocycles. The number of hydrogen-bond donors (Lipinski definition) is 1. The van der Waals surface area contributed by atoms with E-state index < -0.39 is 0 Å². The Morgan fingerprint density at radius 3 is 3.00 bits per heavy atom. The van der Waals surface area contributed by atoms with Gasteiger partial charge in [0.1, 0.15) is 0 Å². The molecule has 2 rings (SSSR count). The molecule has 1 aromatic rings. The van der Waals surface area contributed by atoms with Crippen molar-refractivity contribution in [3.05, 3.63) is 15.6 Å². The summed E-state index contributed by atoms with van der Waals surface area (Å²) in [6.07, 6.45) is 0.514. The van der Waals surface area contributed by atoms with Gasteiger partial charge in [0.25, 0.3) is 0 Å². The lowest BCUT2D eigenvalue weighted by molar-refractivity contribution is -0.121. The van der Waals surface area contributed by atoms with Crippen LogP contribution in [0.25, 0.3) is 0 Å². The van der Waals surface area contributed by atoms with Crippen LogP contribution in [-0.4, -0.2) is 10.9 Å². The quantitative estimate of drug-likeness (QED) is 0.738. The Kier molecular flexibility index (Phi) is 2.07. The van der Waals surface area contributed by atoms with Crippen molar-refractivity contribution in [1.29, 1.82) is 0 Å². The number of nitrogens with one attached hydrogen (secondary N) is 1. The molecule has 4 heteroatoms. The van der Waals surface area contributed by atoms with Crippen molar-refractivity contribution in [2.45, 2.75) is 32.7 Å². The zero-order valence-corrected chi connectivity index (χ0v) is 8.57. The number of carbonyl (C=O) groups is 1. The molecule has 0 bridgehead atoms. The van der Waals surface area contributed by atoms with Gasteiger partial charge >= 0.3 is 0 Å². The predicted molar refractivity (Wildman–Crippen MR) is 51.8 cm³/mol. The van der Waals surface area contributed by atoms with Crippen molar-refractivity contribution in [3.63, 3.8) is 0 Å². The molecule has 1 N–H and O–H groups in total. The number of rotatable bonds is 1. The zero-order chi connectivity index (χ0) is 9.42. The number of carbonyl (C=O) groups excluding carboxylic acids is 1. The normalized spacial score (nSPS) is 15.8. The second-order valence-corrected chi connectivity index (χ2v) is 4.65. The van der Waals surface area contributed by atoms with Crippen LogP contribution in [0.15, 0.2) is 0 Å².